The van der Waals surface area contributed by atoms with Gasteiger partial charge in [0, 0.05) is 23.4 Å². The third kappa shape index (κ3) is 5.89. The molecule has 0 unspecified atom stereocenters. The van der Waals surface area contributed by atoms with Crippen LogP contribution >= 0.6 is 0 Å². The van der Waals surface area contributed by atoms with Crippen molar-refractivity contribution in [2.75, 3.05) is 20.3 Å². The maximum Gasteiger partial charge on any atom is 0.407 e. The smallest absolute Gasteiger partial charge is 0.407 e. The molecule has 0 aliphatic carbocycles. The van der Waals surface area contributed by atoms with Crippen molar-refractivity contribution in [1.82, 2.24) is 15.2 Å². The molecule has 0 spiro atoms. The molecule has 2 aromatic rings. The SMILES string of the molecule is COC(=O)[C@@H]1C[C@@H]2CN1C(=O)[C@H](C(C)(C)C)NC(=O)OCCCCCc1cc(O)c3ccnc(c3c1)O2. The molecule has 10 nitrogen and oxygen atoms in total. The highest BCUT2D eigenvalue weighted by atomic mass is 16.5. The van der Waals surface area contributed by atoms with Gasteiger partial charge >= 0.3 is 12.1 Å². The summed E-state index contributed by atoms with van der Waals surface area (Å²) in [5.74, 6) is -0.519. The van der Waals surface area contributed by atoms with Gasteiger partial charge in [0.2, 0.25) is 11.8 Å². The Balaban J connectivity index is 1.72. The number of alkyl carbamates (subject to hydrolysis) is 1. The summed E-state index contributed by atoms with van der Waals surface area (Å²) >= 11 is 0. The van der Waals surface area contributed by atoms with Gasteiger partial charge in [-0.15, -0.1) is 0 Å². The molecule has 1 aromatic heterocycles. The number of carbonyl (C=O) groups excluding carboxylic acids is 3. The lowest BCUT2D eigenvalue weighted by molar-refractivity contribution is -0.152. The lowest BCUT2D eigenvalue weighted by Gasteiger charge is -2.34. The van der Waals surface area contributed by atoms with Crippen LogP contribution in [0, 0.1) is 5.41 Å². The van der Waals surface area contributed by atoms with E-state index in [0.717, 1.165) is 24.8 Å². The van der Waals surface area contributed by atoms with E-state index in [-0.39, 0.29) is 25.3 Å². The van der Waals surface area contributed by atoms with E-state index in [0.29, 0.717) is 23.1 Å². The van der Waals surface area contributed by atoms with Crippen molar-refractivity contribution in [1.29, 1.82) is 0 Å². The number of amides is 2. The Hall–Kier alpha value is -3.56. The van der Waals surface area contributed by atoms with Gasteiger partial charge in [0.1, 0.15) is 23.9 Å². The van der Waals surface area contributed by atoms with Gasteiger partial charge in [-0.2, -0.15) is 0 Å². The first-order chi connectivity index (χ1) is 17.6. The second-order valence-corrected chi connectivity index (χ2v) is 10.7. The summed E-state index contributed by atoms with van der Waals surface area (Å²) in [5.41, 5.74) is 0.285. The number of esters is 1. The van der Waals surface area contributed by atoms with E-state index in [1.54, 1.807) is 18.3 Å². The zero-order chi connectivity index (χ0) is 26.7. The van der Waals surface area contributed by atoms with Crippen LogP contribution in [0.1, 0.15) is 52.0 Å². The number of aryl methyl sites for hydroxylation is 1. The molecule has 2 amide bonds. The van der Waals surface area contributed by atoms with Crippen LogP contribution < -0.4 is 10.1 Å². The molecule has 37 heavy (non-hydrogen) atoms. The molecule has 3 heterocycles. The predicted octanol–water partition coefficient (Wildman–Crippen LogP) is 3.33. The molecule has 2 aliphatic rings. The average molecular weight is 514 g/mol. The van der Waals surface area contributed by atoms with Crippen LogP contribution in [0.15, 0.2) is 24.4 Å². The van der Waals surface area contributed by atoms with E-state index in [1.807, 2.05) is 26.8 Å². The number of benzene rings is 1. The standard InChI is InChI=1S/C27H35N3O7/c1-27(2,3)22-24(32)30-15-17(14-20(30)25(33)35-4)37-23-19-12-16(13-21(31)18(19)9-10-28-23)8-6-5-7-11-36-26(34)29-22/h9-10,12-13,17,20,22,31H,5-8,11,14-15H2,1-4H3,(H,29,34)/t17-,20+,22-/m1/s1. The third-order valence-corrected chi connectivity index (χ3v) is 6.90. The topological polar surface area (TPSA) is 127 Å². The van der Waals surface area contributed by atoms with Crippen LogP contribution in [0.4, 0.5) is 4.79 Å². The number of ether oxygens (including phenoxy) is 3. The first-order valence-corrected chi connectivity index (χ1v) is 12.7. The van der Waals surface area contributed by atoms with Crippen LogP contribution in [0.3, 0.4) is 0 Å². The lowest BCUT2D eigenvalue weighted by atomic mass is 9.85. The number of aromatic nitrogens is 1. The summed E-state index contributed by atoms with van der Waals surface area (Å²) in [6.45, 7) is 5.83. The van der Waals surface area contributed by atoms with Gasteiger partial charge in [0.15, 0.2) is 0 Å². The number of methoxy groups -OCH3 is 1. The average Bonchev–Trinajstić information content (AvgIpc) is 3.27. The van der Waals surface area contributed by atoms with Crippen molar-refractivity contribution in [3.05, 3.63) is 30.0 Å². The number of hydrogen-bond acceptors (Lipinski definition) is 8. The minimum atomic E-state index is -0.931. The molecular formula is C27H35N3O7. The number of pyridine rings is 1. The molecule has 0 radical (unpaired) electrons. The maximum absolute atomic E-state index is 13.7. The number of fused-ring (bicyclic) bond motifs is 3. The van der Waals surface area contributed by atoms with E-state index < -0.39 is 41.6 Å². The first-order valence-electron chi connectivity index (χ1n) is 12.7. The van der Waals surface area contributed by atoms with E-state index in [9.17, 15) is 19.5 Å². The minimum absolute atomic E-state index is 0.103. The van der Waals surface area contributed by atoms with Crippen molar-refractivity contribution in [2.45, 2.75) is 71.1 Å². The van der Waals surface area contributed by atoms with Crippen LogP contribution in [0.25, 0.3) is 10.8 Å². The minimum Gasteiger partial charge on any atom is -0.507 e. The van der Waals surface area contributed by atoms with Gasteiger partial charge < -0.3 is 29.5 Å². The molecular weight excluding hydrogens is 478 g/mol. The Kier molecular flexibility index (Phi) is 7.75. The molecule has 3 atom stereocenters. The number of cyclic esters (lactones) is 1. The number of carbonyl (C=O) groups is 3. The number of nitrogens with one attached hydrogen (secondary N) is 1. The zero-order valence-electron chi connectivity index (χ0n) is 21.8. The molecule has 2 aliphatic heterocycles. The zero-order valence-corrected chi connectivity index (χ0v) is 21.8. The summed E-state index contributed by atoms with van der Waals surface area (Å²) in [4.78, 5) is 44.8. The van der Waals surface area contributed by atoms with Crippen LogP contribution in [0.2, 0.25) is 0 Å². The molecule has 1 fully saturated rings. The molecule has 1 saturated heterocycles. The fourth-order valence-electron chi connectivity index (χ4n) is 4.93. The predicted molar refractivity (Wildman–Crippen MR) is 135 cm³/mol. The second-order valence-electron chi connectivity index (χ2n) is 10.7. The molecule has 2 N–H and O–H groups in total. The fraction of sp³-hybridized carbons (Fsp3) is 0.556. The maximum atomic E-state index is 13.7. The Morgan fingerprint density at radius 2 is 1.97 bits per heavy atom. The largest absolute Gasteiger partial charge is 0.507 e. The Morgan fingerprint density at radius 3 is 2.70 bits per heavy atom. The number of hydrogen-bond donors (Lipinski definition) is 2. The van der Waals surface area contributed by atoms with Crippen molar-refractivity contribution < 1.29 is 33.7 Å². The van der Waals surface area contributed by atoms with Gasteiger partial charge in [-0.3, -0.25) is 4.79 Å². The van der Waals surface area contributed by atoms with Crippen LogP contribution in [-0.2, 0) is 25.5 Å². The Bertz CT molecular complexity index is 1180. The number of nitrogens with zero attached hydrogens (tertiary/aromatic N) is 2. The first kappa shape index (κ1) is 26.5. The highest BCUT2D eigenvalue weighted by Crippen LogP contribution is 2.34. The number of aromatic hydroxyl groups is 1. The highest BCUT2D eigenvalue weighted by molar-refractivity contribution is 5.93. The molecule has 4 rings (SSSR count). The van der Waals surface area contributed by atoms with Crippen molar-refractivity contribution in [3.63, 3.8) is 0 Å². The monoisotopic (exact) mass is 513 g/mol. The Labute approximate surface area is 216 Å². The molecule has 4 bridgehead atoms. The summed E-state index contributed by atoms with van der Waals surface area (Å²) < 4.78 is 16.6. The van der Waals surface area contributed by atoms with Gasteiger partial charge in [-0.1, -0.05) is 20.8 Å². The summed E-state index contributed by atoms with van der Waals surface area (Å²) in [6.07, 6.45) is 3.58. The van der Waals surface area contributed by atoms with E-state index in [4.69, 9.17) is 14.2 Å². The Morgan fingerprint density at radius 1 is 1.19 bits per heavy atom. The quantitative estimate of drug-likeness (QED) is 0.556. The lowest BCUT2D eigenvalue weighted by Crippen LogP contribution is -2.57. The summed E-state index contributed by atoms with van der Waals surface area (Å²) in [6, 6.07) is 3.61. The van der Waals surface area contributed by atoms with E-state index in [1.165, 1.54) is 12.0 Å². The third-order valence-electron chi connectivity index (χ3n) is 6.90. The normalized spacial score (nSPS) is 23.6. The van der Waals surface area contributed by atoms with Crippen molar-refractivity contribution in [2.24, 2.45) is 5.41 Å². The second kappa shape index (κ2) is 10.8. The fourth-order valence-corrected chi connectivity index (χ4v) is 4.93. The van der Waals surface area contributed by atoms with Crippen molar-refractivity contribution in [3.8, 4) is 11.6 Å². The number of rotatable bonds is 1. The molecule has 0 saturated carbocycles. The summed E-state index contributed by atoms with van der Waals surface area (Å²) in [7, 11) is 1.27. The molecule has 1 aromatic carbocycles. The number of phenolic OH excluding ortho intramolecular Hbond substituents is 1. The van der Waals surface area contributed by atoms with Gasteiger partial charge in [-0.05, 0) is 54.9 Å². The van der Waals surface area contributed by atoms with Crippen LogP contribution in [0.5, 0.6) is 11.6 Å². The number of phenols is 1. The van der Waals surface area contributed by atoms with E-state index in [2.05, 4.69) is 10.3 Å². The van der Waals surface area contributed by atoms with Gasteiger partial charge in [-0.25, -0.2) is 14.6 Å². The van der Waals surface area contributed by atoms with Gasteiger partial charge in [0.05, 0.1) is 20.3 Å². The summed E-state index contributed by atoms with van der Waals surface area (Å²) in [5, 5.41) is 14.6. The highest BCUT2D eigenvalue weighted by Gasteiger charge is 2.46. The van der Waals surface area contributed by atoms with Crippen molar-refractivity contribution >= 4 is 28.7 Å². The molecule has 10 heteroatoms. The van der Waals surface area contributed by atoms with Crippen LogP contribution in [-0.4, -0.2) is 71.4 Å². The van der Waals surface area contributed by atoms with E-state index >= 15 is 0 Å². The van der Waals surface area contributed by atoms with Gasteiger partial charge in [0.25, 0.3) is 0 Å². The molecule has 200 valence electrons.